The lowest BCUT2D eigenvalue weighted by Gasteiger charge is -2.14. The van der Waals surface area contributed by atoms with E-state index in [9.17, 15) is 31.5 Å². The van der Waals surface area contributed by atoms with Crippen LogP contribution in [0.25, 0.3) is 16.6 Å². The lowest BCUT2D eigenvalue weighted by atomic mass is 10.0. The Kier molecular flexibility index (Phi) is 6.70. The van der Waals surface area contributed by atoms with Gasteiger partial charge in [-0.3, -0.25) is 9.59 Å². The predicted molar refractivity (Wildman–Crippen MR) is 141 cm³/mol. The molecule has 0 atom stereocenters. The first-order chi connectivity index (χ1) is 18.9. The fourth-order valence-corrected chi connectivity index (χ4v) is 4.21. The number of amides is 1. The highest BCUT2D eigenvalue weighted by Gasteiger charge is 2.41. The molecule has 7 nitrogen and oxygen atoms in total. The Labute approximate surface area is 223 Å². The van der Waals surface area contributed by atoms with Crippen molar-refractivity contribution in [2.45, 2.75) is 19.5 Å². The lowest BCUT2D eigenvalue weighted by Crippen LogP contribution is -2.23. The number of aliphatic imine (C=N–C) groups is 1. The number of aryl methyl sites for hydroxylation is 2. The Morgan fingerprint density at radius 2 is 1.73 bits per heavy atom. The zero-order valence-electron chi connectivity index (χ0n) is 21.0. The van der Waals surface area contributed by atoms with Crippen LogP contribution in [0.4, 0.5) is 39.0 Å². The van der Waals surface area contributed by atoms with Crippen LogP contribution in [0.2, 0.25) is 0 Å². The summed E-state index contributed by atoms with van der Waals surface area (Å²) in [5.41, 5.74) is 0.357. The molecule has 204 valence electrons. The van der Waals surface area contributed by atoms with Gasteiger partial charge < -0.3 is 15.2 Å². The quantitative estimate of drug-likeness (QED) is 0.296. The molecule has 1 aliphatic rings. The monoisotopic (exact) mass is 553 g/mol. The highest BCUT2D eigenvalue weighted by atomic mass is 19.4. The largest absolute Gasteiger partial charge is 0.429 e. The molecule has 0 radical (unpaired) electrons. The number of carbonyl (C=O) groups is 1. The van der Waals surface area contributed by atoms with Gasteiger partial charge in [-0.25, -0.2) is 18.8 Å². The van der Waals surface area contributed by atoms with Gasteiger partial charge in [0, 0.05) is 41.7 Å². The Bertz CT molecular complexity index is 1810. The summed E-state index contributed by atoms with van der Waals surface area (Å²) in [7, 11) is 1.59. The number of carbonyl (C=O) groups excluding carboxylic acids is 1. The maximum Gasteiger partial charge on any atom is 0.429 e. The van der Waals surface area contributed by atoms with Crippen LogP contribution < -0.4 is 16.2 Å². The number of rotatable bonds is 5. The van der Waals surface area contributed by atoms with Gasteiger partial charge in [0.1, 0.15) is 5.71 Å². The molecule has 0 saturated carbocycles. The average Bonchev–Trinajstić information content (AvgIpc) is 3.37. The number of alkyl halides is 3. The van der Waals surface area contributed by atoms with Gasteiger partial charge in [-0.2, -0.15) is 13.2 Å². The topological polar surface area (TPSA) is 88.4 Å². The van der Waals surface area contributed by atoms with E-state index in [-0.39, 0.29) is 28.1 Å². The second kappa shape index (κ2) is 10.0. The summed E-state index contributed by atoms with van der Waals surface area (Å²) in [5, 5.41) is 6.15. The highest BCUT2D eigenvalue weighted by Crippen LogP contribution is 2.36. The molecular weight excluding hydrogens is 533 g/mol. The van der Waals surface area contributed by atoms with Gasteiger partial charge in [0.15, 0.2) is 11.6 Å². The molecule has 0 saturated heterocycles. The number of fused-ring (bicyclic) bond motifs is 1. The molecule has 3 aromatic carbocycles. The van der Waals surface area contributed by atoms with E-state index in [4.69, 9.17) is 0 Å². The number of halogens is 5. The summed E-state index contributed by atoms with van der Waals surface area (Å²) in [6, 6.07) is 12.4. The van der Waals surface area contributed by atoms with Crippen LogP contribution in [0.1, 0.15) is 17.5 Å². The number of nitrogens with one attached hydrogen (secondary N) is 2. The van der Waals surface area contributed by atoms with Gasteiger partial charge in [-0.15, -0.1) is 0 Å². The molecule has 40 heavy (non-hydrogen) atoms. The van der Waals surface area contributed by atoms with E-state index in [0.29, 0.717) is 28.3 Å². The van der Waals surface area contributed by atoms with Gasteiger partial charge in [0.25, 0.3) is 11.5 Å². The summed E-state index contributed by atoms with van der Waals surface area (Å²) in [5.74, 6) is -3.34. The Morgan fingerprint density at radius 3 is 2.45 bits per heavy atom. The molecule has 5 rings (SSSR count). The number of hydrogen-bond acceptors (Lipinski definition) is 5. The minimum absolute atomic E-state index is 0.161. The van der Waals surface area contributed by atoms with Crippen LogP contribution >= 0.6 is 0 Å². The normalized spacial score (nSPS) is 13.5. The van der Waals surface area contributed by atoms with Gasteiger partial charge in [0.2, 0.25) is 0 Å². The van der Waals surface area contributed by atoms with Crippen LogP contribution in [0.5, 0.6) is 0 Å². The Morgan fingerprint density at radius 1 is 0.975 bits per heavy atom. The van der Waals surface area contributed by atoms with E-state index in [2.05, 4.69) is 20.6 Å². The van der Waals surface area contributed by atoms with Crippen molar-refractivity contribution in [3.63, 3.8) is 0 Å². The number of nitrogens with zero attached hydrogens (tertiary/aromatic N) is 3. The Hall–Kier alpha value is -4.87. The summed E-state index contributed by atoms with van der Waals surface area (Å²) >= 11 is 0. The van der Waals surface area contributed by atoms with Gasteiger partial charge >= 0.3 is 6.18 Å². The van der Waals surface area contributed by atoms with Crippen molar-refractivity contribution < 1.29 is 26.7 Å². The molecule has 1 aromatic heterocycles. The second-order valence-corrected chi connectivity index (χ2v) is 9.19. The molecule has 0 spiro atoms. The summed E-state index contributed by atoms with van der Waals surface area (Å²) < 4.78 is 69.0. The summed E-state index contributed by atoms with van der Waals surface area (Å²) in [6.45, 7) is 1.81. The predicted octanol–water partition coefficient (Wildman–Crippen LogP) is 6.02. The number of benzene rings is 3. The highest BCUT2D eigenvalue weighted by molar-refractivity contribution is 6.17. The van der Waals surface area contributed by atoms with Crippen molar-refractivity contribution in [1.29, 1.82) is 0 Å². The minimum Gasteiger partial charge on any atom is -0.355 e. The fraction of sp³-hybridized carbons (Fsp3) is 0.143. The van der Waals surface area contributed by atoms with Crippen LogP contribution in [-0.2, 0) is 11.8 Å². The van der Waals surface area contributed by atoms with E-state index in [1.807, 2.05) is 0 Å². The summed E-state index contributed by atoms with van der Waals surface area (Å²) in [6.07, 6.45) is -4.22. The Balaban J connectivity index is 1.44. The minimum atomic E-state index is -4.82. The van der Waals surface area contributed by atoms with Crippen molar-refractivity contribution in [3.8, 4) is 0 Å². The van der Waals surface area contributed by atoms with Gasteiger partial charge in [-0.1, -0.05) is 6.07 Å². The van der Waals surface area contributed by atoms with Crippen molar-refractivity contribution in [2.24, 2.45) is 12.0 Å². The van der Waals surface area contributed by atoms with Gasteiger partial charge in [-0.05, 0) is 61.0 Å². The molecule has 12 heteroatoms. The third-order valence-corrected chi connectivity index (χ3v) is 6.36. The molecule has 1 aliphatic heterocycles. The van der Waals surface area contributed by atoms with Crippen LogP contribution in [0, 0.1) is 18.6 Å². The molecule has 0 bridgehead atoms. The first-order valence-electron chi connectivity index (χ1n) is 11.9. The molecule has 1 amide bonds. The smallest absolute Gasteiger partial charge is 0.355 e. The molecule has 0 aliphatic carbocycles. The van der Waals surface area contributed by atoms with E-state index in [0.717, 1.165) is 17.7 Å². The summed E-state index contributed by atoms with van der Waals surface area (Å²) in [4.78, 5) is 33.4. The van der Waals surface area contributed by atoms with Crippen LogP contribution in [0.3, 0.4) is 0 Å². The first-order valence-corrected chi connectivity index (χ1v) is 11.9. The van der Waals surface area contributed by atoms with Crippen molar-refractivity contribution in [3.05, 3.63) is 99.6 Å². The standard InChI is InChI=1S/C28H20F5N5O2/c1-14-3-5-17(11-23(14)35-16-6-8-22-18(10-16)27(40)38(2)13-34-22)36-26(39)19-12-24(28(31,32)33)37-25(19)15-4-7-20(29)21(30)9-15/h3-11,13,35H,12H2,1-2H3,(H,36,39). The number of aromatic nitrogens is 2. The van der Waals surface area contributed by atoms with E-state index >= 15 is 0 Å². The molecule has 4 aromatic rings. The van der Waals surface area contributed by atoms with E-state index < -0.39 is 35.9 Å². The van der Waals surface area contributed by atoms with Crippen LogP contribution in [0.15, 0.2) is 76.3 Å². The molecule has 0 fully saturated rings. The van der Waals surface area contributed by atoms with Crippen molar-refractivity contribution in [2.75, 3.05) is 10.6 Å². The molecular formula is C28H20F5N5O2. The lowest BCUT2D eigenvalue weighted by molar-refractivity contribution is -0.112. The van der Waals surface area contributed by atoms with E-state index in [1.165, 1.54) is 10.9 Å². The fourth-order valence-electron chi connectivity index (χ4n) is 4.21. The third kappa shape index (κ3) is 5.20. The zero-order valence-corrected chi connectivity index (χ0v) is 21.0. The average molecular weight is 553 g/mol. The molecule has 0 unspecified atom stereocenters. The van der Waals surface area contributed by atoms with Gasteiger partial charge in [0.05, 0.1) is 22.9 Å². The molecule has 2 N–H and O–H groups in total. The maximum atomic E-state index is 13.8. The SMILES string of the molecule is Cc1ccc(NC(=O)C2=C(c3ccc(F)c(F)c3)N=C(C(F)(F)F)C2)cc1Nc1ccc2ncn(C)c(=O)c2c1. The first kappa shape index (κ1) is 26.7. The molecule has 2 heterocycles. The van der Waals surface area contributed by atoms with Crippen molar-refractivity contribution >= 4 is 45.3 Å². The maximum absolute atomic E-state index is 13.8. The van der Waals surface area contributed by atoms with E-state index in [1.54, 1.807) is 50.4 Å². The van der Waals surface area contributed by atoms with Crippen molar-refractivity contribution in [1.82, 2.24) is 9.55 Å². The van der Waals surface area contributed by atoms with Crippen LogP contribution in [-0.4, -0.2) is 27.3 Å². The number of hydrogen-bond donors (Lipinski definition) is 2. The zero-order chi connectivity index (χ0) is 28.8. The third-order valence-electron chi connectivity index (χ3n) is 6.36. The second-order valence-electron chi connectivity index (χ2n) is 9.19. The number of anilines is 3.